The smallest absolute Gasteiger partial charge is 0.338 e. The second-order valence-corrected chi connectivity index (χ2v) is 8.48. The van der Waals surface area contributed by atoms with Crippen LogP contribution in [0.1, 0.15) is 31.0 Å². The number of ether oxygens (including phenoxy) is 3. The molecule has 1 aliphatic heterocycles. The average molecular weight is 483 g/mol. The summed E-state index contributed by atoms with van der Waals surface area (Å²) in [6.45, 7) is 3.59. The Balaban J connectivity index is 1.92. The number of aromatic nitrogens is 1. The van der Waals surface area contributed by atoms with Crippen LogP contribution in [-0.4, -0.2) is 31.4 Å². The molecule has 0 aliphatic carbocycles. The van der Waals surface area contributed by atoms with E-state index < -0.39 is 17.8 Å². The lowest BCUT2D eigenvalue weighted by atomic mass is 9.96. The van der Waals surface area contributed by atoms with E-state index >= 15 is 0 Å². The zero-order chi connectivity index (χ0) is 24.4. The maximum Gasteiger partial charge on any atom is 0.338 e. The Labute approximate surface area is 199 Å². The topological polar surface area (TPSA) is 79.1 Å². The maximum absolute atomic E-state index is 13.6. The number of thiazole rings is 1. The average Bonchev–Trinajstić information content (AvgIpc) is 3.13. The lowest BCUT2D eigenvalue weighted by Crippen LogP contribution is -2.39. The van der Waals surface area contributed by atoms with Crippen molar-refractivity contribution in [2.24, 2.45) is 4.99 Å². The summed E-state index contributed by atoms with van der Waals surface area (Å²) in [5.41, 5.74) is 1.70. The van der Waals surface area contributed by atoms with Gasteiger partial charge in [-0.1, -0.05) is 29.5 Å². The van der Waals surface area contributed by atoms with Gasteiger partial charge in [0.1, 0.15) is 5.82 Å². The van der Waals surface area contributed by atoms with E-state index in [0.29, 0.717) is 32.1 Å². The van der Waals surface area contributed by atoms with Crippen molar-refractivity contribution in [1.82, 2.24) is 4.57 Å². The highest BCUT2D eigenvalue weighted by Crippen LogP contribution is 2.31. The molecule has 1 aromatic heterocycles. The van der Waals surface area contributed by atoms with Crippen LogP contribution in [0.15, 0.2) is 63.5 Å². The number of halogens is 1. The fourth-order valence-electron chi connectivity index (χ4n) is 3.85. The Kier molecular flexibility index (Phi) is 6.65. The quantitative estimate of drug-likeness (QED) is 0.505. The fourth-order valence-corrected chi connectivity index (χ4v) is 4.89. The van der Waals surface area contributed by atoms with E-state index in [1.165, 1.54) is 35.1 Å². The molecule has 0 spiro atoms. The predicted octanol–water partition coefficient (Wildman–Crippen LogP) is 2.95. The number of rotatable bonds is 6. The Bertz CT molecular complexity index is 1450. The molecule has 2 heterocycles. The van der Waals surface area contributed by atoms with Gasteiger partial charge in [0.15, 0.2) is 16.3 Å². The number of benzene rings is 2. The molecule has 34 heavy (non-hydrogen) atoms. The Morgan fingerprint density at radius 2 is 1.85 bits per heavy atom. The molecule has 1 atom stereocenters. The van der Waals surface area contributed by atoms with Crippen LogP contribution < -0.4 is 24.4 Å². The van der Waals surface area contributed by atoms with E-state index in [0.717, 1.165) is 5.56 Å². The number of hydrogen-bond acceptors (Lipinski definition) is 7. The molecule has 4 rings (SSSR count). The number of allylic oxidation sites excluding steroid dienone is 1. The molecule has 0 radical (unpaired) electrons. The van der Waals surface area contributed by atoms with E-state index in [1.54, 1.807) is 51.3 Å². The third-order valence-corrected chi connectivity index (χ3v) is 6.39. The summed E-state index contributed by atoms with van der Waals surface area (Å²) < 4.78 is 31.4. The Morgan fingerprint density at radius 1 is 1.15 bits per heavy atom. The van der Waals surface area contributed by atoms with Crippen molar-refractivity contribution < 1.29 is 23.4 Å². The zero-order valence-corrected chi connectivity index (χ0v) is 19.9. The van der Waals surface area contributed by atoms with Crippen LogP contribution in [0.4, 0.5) is 4.39 Å². The number of nitrogens with zero attached hydrogens (tertiary/aromatic N) is 2. The van der Waals surface area contributed by atoms with Crippen molar-refractivity contribution in [1.29, 1.82) is 0 Å². The van der Waals surface area contributed by atoms with E-state index in [2.05, 4.69) is 4.99 Å². The first-order chi connectivity index (χ1) is 16.4. The molecule has 1 unspecified atom stereocenters. The third kappa shape index (κ3) is 4.26. The van der Waals surface area contributed by atoms with Crippen molar-refractivity contribution in [3.8, 4) is 11.5 Å². The normalized spacial score (nSPS) is 15.6. The number of methoxy groups -OCH3 is 2. The van der Waals surface area contributed by atoms with Crippen molar-refractivity contribution in [3.05, 3.63) is 90.4 Å². The third-order valence-electron chi connectivity index (χ3n) is 5.41. The molecule has 3 aromatic rings. The van der Waals surface area contributed by atoms with Gasteiger partial charge < -0.3 is 14.2 Å². The highest BCUT2D eigenvalue weighted by Gasteiger charge is 2.33. The van der Waals surface area contributed by atoms with Crippen LogP contribution in [0, 0.1) is 5.82 Å². The highest BCUT2D eigenvalue weighted by atomic mass is 32.1. The zero-order valence-electron chi connectivity index (χ0n) is 19.1. The molecule has 7 nitrogen and oxygen atoms in total. The molecule has 0 fully saturated rings. The van der Waals surface area contributed by atoms with Crippen molar-refractivity contribution >= 4 is 23.4 Å². The van der Waals surface area contributed by atoms with Gasteiger partial charge >= 0.3 is 5.97 Å². The molecule has 2 aromatic carbocycles. The van der Waals surface area contributed by atoms with Crippen molar-refractivity contribution in [2.45, 2.75) is 19.9 Å². The number of carbonyl (C=O) groups is 1. The first kappa shape index (κ1) is 23.4. The van der Waals surface area contributed by atoms with E-state index in [1.807, 2.05) is 6.07 Å². The van der Waals surface area contributed by atoms with Gasteiger partial charge in [-0.05, 0) is 55.3 Å². The summed E-state index contributed by atoms with van der Waals surface area (Å²) in [7, 11) is 3.09. The van der Waals surface area contributed by atoms with E-state index in [9.17, 15) is 14.0 Å². The molecule has 176 valence electrons. The fraction of sp³-hybridized carbons (Fsp3) is 0.240. The molecular formula is C25H23FN2O5S. The van der Waals surface area contributed by atoms with E-state index in [4.69, 9.17) is 14.2 Å². The number of hydrogen-bond donors (Lipinski definition) is 0. The van der Waals surface area contributed by atoms with Crippen LogP contribution in [0.5, 0.6) is 11.5 Å². The van der Waals surface area contributed by atoms with Gasteiger partial charge in [-0.3, -0.25) is 9.36 Å². The Morgan fingerprint density at radius 3 is 2.50 bits per heavy atom. The first-order valence-electron chi connectivity index (χ1n) is 10.5. The van der Waals surface area contributed by atoms with Gasteiger partial charge in [0, 0.05) is 0 Å². The molecular weight excluding hydrogens is 459 g/mol. The molecule has 0 N–H and O–H groups in total. The van der Waals surface area contributed by atoms with Crippen molar-refractivity contribution in [2.75, 3.05) is 20.8 Å². The van der Waals surface area contributed by atoms with Crippen LogP contribution >= 0.6 is 11.3 Å². The first-order valence-corrected chi connectivity index (χ1v) is 11.4. The summed E-state index contributed by atoms with van der Waals surface area (Å²) in [6, 6.07) is 10.3. The van der Waals surface area contributed by atoms with Crippen LogP contribution in [0.2, 0.25) is 0 Å². The minimum Gasteiger partial charge on any atom is -0.493 e. The maximum atomic E-state index is 13.6. The summed E-state index contributed by atoms with van der Waals surface area (Å²) in [5.74, 6) is 0.135. The molecule has 0 saturated heterocycles. The molecule has 9 heteroatoms. The summed E-state index contributed by atoms with van der Waals surface area (Å²) in [5, 5.41) is 0. The minimum absolute atomic E-state index is 0.176. The predicted molar refractivity (Wildman–Crippen MR) is 126 cm³/mol. The van der Waals surface area contributed by atoms with Gasteiger partial charge in [0.05, 0.1) is 42.7 Å². The van der Waals surface area contributed by atoms with Crippen LogP contribution in [-0.2, 0) is 9.53 Å². The van der Waals surface area contributed by atoms with Crippen LogP contribution in [0.3, 0.4) is 0 Å². The van der Waals surface area contributed by atoms with Crippen molar-refractivity contribution in [3.63, 3.8) is 0 Å². The molecule has 0 saturated carbocycles. The number of carbonyl (C=O) groups excluding carboxylic acids is 1. The van der Waals surface area contributed by atoms with Crippen LogP contribution in [0.25, 0.3) is 6.08 Å². The molecule has 0 amide bonds. The number of esters is 1. The van der Waals surface area contributed by atoms with Gasteiger partial charge in [0.25, 0.3) is 5.56 Å². The summed E-state index contributed by atoms with van der Waals surface area (Å²) >= 11 is 1.21. The standard InChI is InChI=1S/C25H23FN2O5S/c1-5-33-24(30)21-14(2)27-25-28(22(21)16-7-9-17(26)10-8-16)23(29)20(34-25)13-15-6-11-18(31-3)19(12-15)32-4/h6-13,22H,5H2,1-4H3. The molecule has 0 bridgehead atoms. The largest absolute Gasteiger partial charge is 0.493 e. The minimum atomic E-state index is -0.788. The summed E-state index contributed by atoms with van der Waals surface area (Å²) in [4.78, 5) is 31.4. The summed E-state index contributed by atoms with van der Waals surface area (Å²) in [6.07, 6.45) is 1.73. The number of fused-ring (bicyclic) bond motifs is 1. The lowest BCUT2D eigenvalue weighted by molar-refractivity contribution is -0.139. The lowest BCUT2D eigenvalue weighted by Gasteiger charge is -2.24. The SMILES string of the molecule is CCOC(=O)C1=C(C)N=c2sc(=Cc3ccc(OC)c(OC)c3)c(=O)n2C1c1ccc(F)cc1. The monoisotopic (exact) mass is 482 g/mol. The second-order valence-electron chi connectivity index (χ2n) is 7.47. The molecule has 1 aliphatic rings. The van der Waals surface area contributed by atoms with Gasteiger partial charge in [0.2, 0.25) is 0 Å². The van der Waals surface area contributed by atoms with E-state index in [-0.39, 0.29) is 17.7 Å². The highest BCUT2D eigenvalue weighted by molar-refractivity contribution is 7.07. The second kappa shape index (κ2) is 9.64. The van der Waals surface area contributed by atoms with Gasteiger partial charge in [-0.15, -0.1) is 0 Å². The van der Waals surface area contributed by atoms with Gasteiger partial charge in [-0.2, -0.15) is 0 Å². The Hall–Kier alpha value is -3.72. The van der Waals surface area contributed by atoms with Gasteiger partial charge in [-0.25, -0.2) is 14.2 Å².